The third-order valence-electron chi connectivity index (χ3n) is 8.02. The van der Waals surface area contributed by atoms with Crippen LogP contribution in [0.5, 0.6) is 6.01 Å². The highest BCUT2D eigenvalue weighted by molar-refractivity contribution is 6.36. The van der Waals surface area contributed by atoms with Crippen LogP contribution >= 0.6 is 11.6 Å². The molecule has 0 bridgehead atoms. The van der Waals surface area contributed by atoms with Gasteiger partial charge in [0.1, 0.15) is 22.8 Å². The first kappa shape index (κ1) is 29.6. The molecule has 226 valence electrons. The second-order valence-corrected chi connectivity index (χ2v) is 11.4. The zero-order valence-corrected chi connectivity index (χ0v) is 24.5. The number of benzene rings is 2. The van der Waals surface area contributed by atoms with E-state index in [1.807, 2.05) is 13.1 Å². The molecule has 4 heterocycles. The highest BCUT2D eigenvalue weighted by atomic mass is 35.5. The summed E-state index contributed by atoms with van der Waals surface area (Å²) >= 11 is 6.34. The zero-order chi connectivity index (χ0) is 31.1. The minimum atomic E-state index is -1.11. The molecule has 0 unspecified atom stereocenters. The number of nitriles is 1. The molecule has 44 heavy (non-hydrogen) atoms. The molecule has 0 spiro atoms. The van der Waals surface area contributed by atoms with Crippen LogP contribution in [0.2, 0.25) is 5.02 Å². The summed E-state index contributed by atoms with van der Waals surface area (Å²) in [6, 6.07) is 9.19. The molecule has 0 radical (unpaired) electrons. The van der Waals surface area contributed by atoms with E-state index < -0.39 is 29.4 Å². The maximum absolute atomic E-state index is 16.5. The smallest absolute Gasteiger partial charge is 0.319 e. The van der Waals surface area contributed by atoms with E-state index in [1.54, 1.807) is 29.2 Å². The maximum atomic E-state index is 16.5. The van der Waals surface area contributed by atoms with Crippen molar-refractivity contribution >= 4 is 45.0 Å². The summed E-state index contributed by atoms with van der Waals surface area (Å²) in [5.41, 5.74) is 0.142. The fourth-order valence-electron chi connectivity index (χ4n) is 5.90. The number of amides is 1. The standard InChI is InChI=1S/C31H27ClF3N7O2/c1-17(33)30(43)42-11-10-41(15-20(42)8-9-36)29-22-12-37-27(21-5-3-4-19-6-7-23(34)25(32)24(19)21)26(35)28(22)38-31(39-29)44-16-18-13-40(2)14-18/h3-7,12,18,20H,1,8,10-11,13-16H2,2H3/t20-/m0/s1. The number of carbonyl (C=O) groups excluding carboxylic acids is 1. The van der Waals surface area contributed by atoms with Crippen molar-refractivity contribution in [2.45, 2.75) is 12.5 Å². The molecule has 13 heteroatoms. The number of aromatic nitrogens is 3. The number of pyridine rings is 1. The lowest BCUT2D eigenvalue weighted by atomic mass is 10.0. The van der Waals surface area contributed by atoms with Crippen LogP contribution in [0.25, 0.3) is 32.9 Å². The predicted molar refractivity (Wildman–Crippen MR) is 160 cm³/mol. The molecule has 9 nitrogen and oxygen atoms in total. The summed E-state index contributed by atoms with van der Waals surface area (Å²) < 4.78 is 50.7. The highest BCUT2D eigenvalue weighted by Gasteiger charge is 2.34. The van der Waals surface area contributed by atoms with E-state index >= 15 is 4.39 Å². The molecule has 6 rings (SSSR count). The molecule has 1 atom stereocenters. The Morgan fingerprint density at radius 3 is 2.70 bits per heavy atom. The fraction of sp³-hybridized carbons (Fsp3) is 0.323. The van der Waals surface area contributed by atoms with Crippen molar-refractivity contribution in [1.82, 2.24) is 24.8 Å². The number of likely N-dealkylation sites (tertiary alicyclic amines) is 1. The molecule has 1 amide bonds. The lowest BCUT2D eigenvalue weighted by Gasteiger charge is -2.41. The van der Waals surface area contributed by atoms with Crippen molar-refractivity contribution in [2.75, 3.05) is 51.3 Å². The van der Waals surface area contributed by atoms with Gasteiger partial charge < -0.3 is 19.4 Å². The van der Waals surface area contributed by atoms with Crippen molar-refractivity contribution in [2.24, 2.45) is 5.92 Å². The fourth-order valence-corrected chi connectivity index (χ4v) is 6.17. The van der Waals surface area contributed by atoms with Crippen molar-refractivity contribution in [3.05, 3.63) is 65.6 Å². The zero-order valence-electron chi connectivity index (χ0n) is 23.7. The monoisotopic (exact) mass is 621 g/mol. The first-order valence-electron chi connectivity index (χ1n) is 14.0. The second kappa shape index (κ2) is 11.9. The molecule has 0 aliphatic carbocycles. The summed E-state index contributed by atoms with van der Waals surface area (Å²) in [4.78, 5) is 31.1. The Labute approximate surface area is 256 Å². The SMILES string of the molecule is C=C(F)C(=O)N1CCN(c2nc(OCC3CN(C)C3)nc3c(F)c(-c4cccc5ccc(F)c(Cl)c45)ncc23)C[C@@H]1CC#N. The summed E-state index contributed by atoms with van der Waals surface area (Å²) in [6.07, 6.45) is 1.37. The summed E-state index contributed by atoms with van der Waals surface area (Å²) in [6.45, 7) is 5.52. The number of halogens is 4. The van der Waals surface area contributed by atoms with Gasteiger partial charge in [0.05, 0.1) is 35.5 Å². The number of piperazine rings is 1. The Morgan fingerprint density at radius 1 is 1.18 bits per heavy atom. The Kier molecular flexibility index (Phi) is 8.00. The molecule has 2 aromatic carbocycles. The molecule has 2 aromatic heterocycles. The largest absolute Gasteiger partial charge is 0.463 e. The van der Waals surface area contributed by atoms with Gasteiger partial charge in [-0.3, -0.25) is 9.78 Å². The van der Waals surface area contributed by atoms with Gasteiger partial charge in [-0.15, -0.1) is 0 Å². The van der Waals surface area contributed by atoms with Crippen LogP contribution in [-0.4, -0.2) is 83.1 Å². The lowest BCUT2D eigenvalue weighted by molar-refractivity contribution is -0.131. The third kappa shape index (κ3) is 5.37. The van der Waals surface area contributed by atoms with Crippen LogP contribution in [0.15, 0.2) is 48.9 Å². The maximum Gasteiger partial charge on any atom is 0.319 e. The molecule has 2 saturated heterocycles. The number of carbonyl (C=O) groups is 1. The van der Waals surface area contributed by atoms with E-state index in [9.17, 15) is 18.8 Å². The van der Waals surface area contributed by atoms with Gasteiger partial charge >= 0.3 is 6.01 Å². The van der Waals surface area contributed by atoms with Crippen LogP contribution < -0.4 is 9.64 Å². The average Bonchev–Trinajstić information content (AvgIpc) is 3.00. The molecular weight excluding hydrogens is 595 g/mol. The quantitative estimate of drug-likeness (QED) is 0.262. The third-order valence-corrected chi connectivity index (χ3v) is 8.39. The Balaban J connectivity index is 1.46. The van der Waals surface area contributed by atoms with Crippen molar-refractivity contribution in [3.8, 4) is 23.3 Å². The van der Waals surface area contributed by atoms with Crippen LogP contribution in [0, 0.1) is 28.9 Å². The van der Waals surface area contributed by atoms with Gasteiger partial charge in [-0.05, 0) is 18.5 Å². The minimum Gasteiger partial charge on any atom is -0.463 e. The van der Waals surface area contributed by atoms with Crippen LogP contribution in [-0.2, 0) is 4.79 Å². The molecular formula is C31H27ClF3N7O2. The number of ether oxygens (including phenoxy) is 1. The van der Waals surface area contributed by atoms with Gasteiger partial charge in [-0.2, -0.15) is 15.2 Å². The molecule has 0 saturated carbocycles. The molecule has 2 aliphatic heterocycles. The van der Waals surface area contributed by atoms with Gasteiger partial charge in [-0.1, -0.05) is 42.4 Å². The van der Waals surface area contributed by atoms with Gasteiger partial charge in [0, 0.05) is 55.8 Å². The average molecular weight is 622 g/mol. The van der Waals surface area contributed by atoms with Crippen molar-refractivity contribution in [1.29, 1.82) is 5.26 Å². The minimum absolute atomic E-state index is 0.0485. The van der Waals surface area contributed by atoms with Crippen molar-refractivity contribution in [3.63, 3.8) is 0 Å². The van der Waals surface area contributed by atoms with E-state index in [1.165, 1.54) is 17.2 Å². The number of hydrogen-bond acceptors (Lipinski definition) is 8. The summed E-state index contributed by atoms with van der Waals surface area (Å²) in [7, 11) is 2.00. The number of rotatable bonds is 7. The molecule has 2 fully saturated rings. The normalized spacial score (nSPS) is 17.5. The first-order valence-corrected chi connectivity index (χ1v) is 14.4. The van der Waals surface area contributed by atoms with E-state index in [0.29, 0.717) is 28.8 Å². The van der Waals surface area contributed by atoms with Crippen LogP contribution in [0.4, 0.5) is 19.0 Å². The number of fused-ring (bicyclic) bond motifs is 2. The topological polar surface area (TPSA) is 98.5 Å². The number of nitrogens with zero attached hydrogens (tertiary/aromatic N) is 7. The Morgan fingerprint density at radius 2 is 1.98 bits per heavy atom. The number of anilines is 1. The number of hydrogen-bond donors (Lipinski definition) is 0. The Hall–Kier alpha value is -4.47. The molecule has 2 aliphatic rings. The highest BCUT2D eigenvalue weighted by Crippen LogP contribution is 2.38. The van der Waals surface area contributed by atoms with Gasteiger partial charge in [0.2, 0.25) is 0 Å². The van der Waals surface area contributed by atoms with Gasteiger partial charge in [-0.25, -0.2) is 13.2 Å². The van der Waals surface area contributed by atoms with Crippen LogP contribution in [0.3, 0.4) is 0 Å². The van der Waals surface area contributed by atoms with E-state index in [-0.39, 0.29) is 59.6 Å². The summed E-state index contributed by atoms with van der Waals surface area (Å²) in [5, 5.41) is 10.5. The second-order valence-electron chi connectivity index (χ2n) is 11.0. The van der Waals surface area contributed by atoms with E-state index in [4.69, 9.17) is 16.3 Å². The lowest BCUT2D eigenvalue weighted by Crippen LogP contribution is -2.55. The molecule has 0 N–H and O–H groups in total. The first-order chi connectivity index (χ1) is 21.2. The van der Waals surface area contributed by atoms with E-state index in [2.05, 4.69) is 26.4 Å². The summed E-state index contributed by atoms with van der Waals surface area (Å²) in [5.74, 6) is -2.85. The van der Waals surface area contributed by atoms with E-state index in [0.717, 1.165) is 13.1 Å². The van der Waals surface area contributed by atoms with Crippen LogP contribution in [0.1, 0.15) is 6.42 Å². The Bertz CT molecular complexity index is 1840. The van der Waals surface area contributed by atoms with Gasteiger partial charge in [0.25, 0.3) is 5.91 Å². The van der Waals surface area contributed by atoms with Crippen molar-refractivity contribution < 1.29 is 22.7 Å². The predicted octanol–water partition coefficient (Wildman–Crippen LogP) is 5.13. The molecule has 4 aromatic rings. The van der Waals surface area contributed by atoms with Gasteiger partial charge in [0.15, 0.2) is 11.6 Å².